The molecule has 1 unspecified atom stereocenters. The summed E-state index contributed by atoms with van der Waals surface area (Å²) < 4.78 is 4.89. The normalized spacial score (nSPS) is 11.9. The van der Waals surface area contributed by atoms with E-state index >= 15 is 0 Å². The van der Waals surface area contributed by atoms with Gasteiger partial charge in [0, 0.05) is 19.3 Å². The Hall–Kier alpha value is -1.88. The molecular weight excluding hydrogens is 258 g/mol. The first-order valence-corrected chi connectivity index (χ1v) is 6.56. The van der Waals surface area contributed by atoms with E-state index in [0.717, 1.165) is 11.1 Å². The largest absolute Gasteiger partial charge is 0.480 e. The minimum Gasteiger partial charge on any atom is -0.480 e. The van der Waals surface area contributed by atoms with Gasteiger partial charge in [-0.25, -0.2) is 4.79 Å². The van der Waals surface area contributed by atoms with E-state index in [9.17, 15) is 9.59 Å². The van der Waals surface area contributed by atoms with E-state index in [0.29, 0.717) is 25.0 Å². The molecule has 0 bridgehead atoms. The number of carbonyl (C=O) groups excluding carboxylic acids is 1. The molecule has 1 aromatic carbocycles. The molecule has 0 saturated heterocycles. The highest BCUT2D eigenvalue weighted by molar-refractivity contribution is 5.98. The number of carbonyl (C=O) groups is 2. The van der Waals surface area contributed by atoms with Gasteiger partial charge in [-0.05, 0) is 43.9 Å². The Morgan fingerprint density at radius 2 is 2.05 bits per heavy atom. The summed E-state index contributed by atoms with van der Waals surface area (Å²) in [6.07, 6.45) is 0.931. The summed E-state index contributed by atoms with van der Waals surface area (Å²) in [6.45, 7) is 4.24. The van der Waals surface area contributed by atoms with Gasteiger partial charge in [0.2, 0.25) is 0 Å². The Morgan fingerprint density at radius 3 is 2.65 bits per heavy atom. The second-order valence-corrected chi connectivity index (χ2v) is 4.75. The summed E-state index contributed by atoms with van der Waals surface area (Å²) in [5.41, 5.74) is 2.39. The second kappa shape index (κ2) is 7.65. The fraction of sp³-hybridized carbons (Fsp3) is 0.467. The lowest BCUT2D eigenvalue weighted by Crippen LogP contribution is -2.41. The van der Waals surface area contributed by atoms with Crippen molar-refractivity contribution in [1.82, 2.24) is 5.32 Å². The highest BCUT2D eigenvalue weighted by Gasteiger charge is 2.21. The van der Waals surface area contributed by atoms with E-state index in [4.69, 9.17) is 9.84 Å². The minimum atomic E-state index is -1.03. The van der Waals surface area contributed by atoms with Crippen molar-refractivity contribution >= 4 is 11.9 Å². The van der Waals surface area contributed by atoms with E-state index in [1.165, 1.54) is 0 Å². The van der Waals surface area contributed by atoms with Gasteiger partial charge < -0.3 is 15.2 Å². The number of benzene rings is 1. The van der Waals surface area contributed by atoms with Crippen LogP contribution in [0.3, 0.4) is 0 Å². The lowest BCUT2D eigenvalue weighted by atomic mass is 10.0. The molecule has 0 aliphatic rings. The average molecular weight is 279 g/mol. The van der Waals surface area contributed by atoms with Crippen molar-refractivity contribution in [3.05, 3.63) is 34.9 Å². The average Bonchev–Trinajstić information content (AvgIpc) is 2.40. The maximum Gasteiger partial charge on any atom is 0.326 e. The molecule has 1 aromatic rings. The molecule has 0 spiro atoms. The topological polar surface area (TPSA) is 75.6 Å². The summed E-state index contributed by atoms with van der Waals surface area (Å²) in [5, 5.41) is 11.7. The molecule has 0 radical (unpaired) electrons. The summed E-state index contributed by atoms with van der Waals surface area (Å²) in [5.74, 6) is -1.38. The van der Waals surface area contributed by atoms with Gasteiger partial charge in [-0.1, -0.05) is 12.1 Å². The van der Waals surface area contributed by atoms with Crippen molar-refractivity contribution in [2.24, 2.45) is 0 Å². The first kappa shape index (κ1) is 16.2. The molecule has 5 heteroatoms. The van der Waals surface area contributed by atoms with Gasteiger partial charge in [0.1, 0.15) is 6.04 Å². The van der Waals surface area contributed by atoms with Crippen molar-refractivity contribution in [1.29, 1.82) is 0 Å². The summed E-state index contributed by atoms with van der Waals surface area (Å²) in [4.78, 5) is 23.3. The molecule has 2 N–H and O–H groups in total. The van der Waals surface area contributed by atoms with Gasteiger partial charge in [-0.15, -0.1) is 0 Å². The Kier molecular flexibility index (Phi) is 6.18. The summed E-state index contributed by atoms with van der Waals surface area (Å²) in [6, 6.07) is 4.51. The third-order valence-electron chi connectivity index (χ3n) is 3.29. The SMILES string of the molecule is COCCCC(NC(=O)c1cccc(C)c1C)C(=O)O. The van der Waals surface area contributed by atoms with Crippen molar-refractivity contribution in [3.63, 3.8) is 0 Å². The van der Waals surface area contributed by atoms with E-state index in [1.807, 2.05) is 19.9 Å². The van der Waals surface area contributed by atoms with E-state index in [1.54, 1.807) is 19.2 Å². The van der Waals surface area contributed by atoms with Gasteiger partial charge in [-0.3, -0.25) is 4.79 Å². The van der Waals surface area contributed by atoms with Crippen molar-refractivity contribution < 1.29 is 19.4 Å². The predicted molar refractivity (Wildman–Crippen MR) is 75.9 cm³/mol. The Morgan fingerprint density at radius 1 is 1.35 bits per heavy atom. The third kappa shape index (κ3) is 4.35. The van der Waals surface area contributed by atoms with Crippen LogP contribution in [0.1, 0.15) is 34.3 Å². The lowest BCUT2D eigenvalue weighted by molar-refractivity contribution is -0.139. The minimum absolute atomic E-state index is 0.347. The molecule has 110 valence electrons. The number of carboxylic acid groups (broad SMARTS) is 1. The highest BCUT2D eigenvalue weighted by Crippen LogP contribution is 2.13. The first-order valence-electron chi connectivity index (χ1n) is 6.56. The maximum atomic E-state index is 12.2. The molecule has 0 fully saturated rings. The van der Waals surface area contributed by atoms with Gasteiger partial charge in [0.05, 0.1) is 0 Å². The third-order valence-corrected chi connectivity index (χ3v) is 3.29. The number of rotatable bonds is 7. The molecule has 1 atom stereocenters. The Balaban J connectivity index is 2.75. The molecule has 20 heavy (non-hydrogen) atoms. The van der Waals surface area contributed by atoms with E-state index < -0.39 is 12.0 Å². The van der Waals surface area contributed by atoms with Crippen molar-refractivity contribution in [3.8, 4) is 0 Å². The number of hydrogen-bond donors (Lipinski definition) is 2. The molecule has 1 amide bonds. The Bertz CT molecular complexity index is 485. The maximum absolute atomic E-state index is 12.2. The zero-order valence-electron chi connectivity index (χ0n) is 12.1. The van der Waals surface area contributed by atoms with Crippen LogP contribution in [0.5, 0.6) is 0 Å². The summed E-state index contributed by atoms with van der Waals surface area (Å²) in [7, 11) is 1.56. The molecule has 0 aromatic heterocycles. The zero-order chi connectivity index (χ0) is 15.1. The van der Waals surface area contributed by atoms with Crippen LogP contribution in [0.2, 0.25) is 0 Å². The fourth-order valence-electron chi connectivity index (χ4n) is 1.92. The van der Waals surface area contributed by atoms with Crippen LogP contribution in [0, 0.1) is 13.8 Å². The highest BCUT2D eigenvalue weighted by atomic mass is 16.5. The van der Waals surface area contributed by atoms with E-state index in [-0.39, 0.29) is 5.91 Å². The van der Waals surface area contributed by atoms with Crippen LogP contribution in [0.15, 0.2) is 18.2 Å². The van der Waals surface area contributed by atoms with Crippen LogP contribution in [-0.4, -0.2) is 36.7 Å². The number of aliphatic carboxylic acids is 1. The monoisotopic (exact) mass is 279 g/mol. The number of methoxy groups -OCH3 is 1. The molecular formula is C15H21NO4. The molecule has 0 aliphatic heterocycles. The number of aryl methyl sites for hydroxylation is 1. The lowest BCUT2D eigenvalue weighted by Gasteiger charge is -2.15. The standard InChI is InChI=1S/C15H21NO4/c1-10-6-4-7-12(11(10)2)14(17)16-13(15(18)19)8-5-9-20-3/h4,6-7,13H,5,8-9H2,1-3H3,(H,16,17)(H,18,19). The molecule has 0 aliphatic carbocycles. The smallest absolute Gasteiger partial charge is 0.326 e. The summed E-state index contributed by atoms with van der Waals surface area (Å²) >= 11 is 0. The fourth-order valence-corrected chi connectivity index (χ4v) is 1.92. The Labute approximate surface area is 118 Å². The van der Waals surface area contributed by atoms with Crippen molar-refractivity contribution in [2.45, 2.75) is 32.7 Å². The molecule has 5 nitrogen and oxygen atoms in total. The van der Waals surface area contributed by atoms with Crippen LogP contribution in [-0.2, 0) is 9.53 Å². The number of carboxylic acids is 1. The van der Waals surface area contributed by atoms with Crippen LogP contribution < -0.4 is 5.32 Å². The van der Waals surface area contributed by atoms with Crippen LogP contribution in [0.4, 0.5) is 0 Å². The van der Waals surface area contributed by atoms with Crippen LogP contribution in [0.25, 0.3) is 0 Å². The quantitative estimate of drug-likeness (QED) is 0.748. The predicted octanol–water partition coefficient (Wildman–Crippen LogP) is 1.91. The van der Waals surface area contributed by atoms with E-state index in [2.05, 4.69) is 5.32 Å². The molecule has 0 saturated carbocycles. The number of amides is 1. The van der Waals surface area contributed by atoms with Gasteiger partial charge in [0.15, 0.2) is 0 Å². The molecule has 1 rings (SSSR count). The molecule has 0 heterocycles. The van der Waals surface area contributed by atoms with Gasteiger partial charge in [0.25, 0.3) is 5.91 Å². The number of nitrogens with one attached hydrogen (secondary N) is 1. The van der Waals surface area contributed by atoms with Gasteiger partial charge in [-0.2, -0.15) is 0 Å². The number of hydrogen-bond acceptors (Lipinski definition) is 3. The zero-order valence-corrected chi connectivity index (χ0v) is 12.1. The number of ether oxygens (including phenoxy) is 1. The first-order chi connectivity index (χ1) is 9.47. The van der Waals surface area contributed by atoms with Crippen molar-refractivity contribution in [2.75, 3.05) is 13.7 Å². The van der Waals surface area contributed by atoms with Gasteiger partial charge >= 0.3 is 5.97 Å². The second-order valence-electron chi connectivity index (χ2n) is 4.75. The van der Waals surface area contributed by atoms with Crippen LogP contribution >= 0.6 is 0 Å².